The number of nitrogens with one attached hydrogen (secondary N) is 1. The number of halogens is 3. The molecule has 4 nitrogen and oxygen atoms in total. The van der Waals surface area contributed by atoms with E-state index >= 15 is 0 Å². The molecule has 30 heavy (non-hydrogen) atoms. The van der Waals surface area contributed by atoms with Crippen LogP contribution in [0.1, 0.15) is 20.9 Å². The fraction of sp³-hybridized carbons (Fsp3) is 0.0909. The van der Waals surface area contributed by atoms with E-state index in [9.17, 15) is 18.0 Å². The van der Waals surface area contributed by atoms with Crippen molar-refractivity contribution in [2.45, 2.75) is 12.7 Å². The summed E-state index contributed by atoms with van der Waals surface area (Å²) in [7, 11) is 0. The van der Waals surface area contributed by atoms with Gasteiger partial charge in [0, 0.05) is 16.0 Å². The standard InChI is InChI=1S/C22H16F3N3OS/c23-22(24,25)17-10-14(13-5-2-1-3-6-13)9-16-18(26)11-19(28-20(16)17)21(29)27-12-15-7-4-8-30-15/h1-11H,12H2,(H2,26,28)(H,27,29). The predicted octanol–water partition coefficient (Wildman–Crippen LogP) is 5.49. The first kappa shape index (κ1) is 19.9. The highest BCUT2D eigenvalue weighted by Crippen LogP contribution is 2.39. The summed E-state index contributed by atoms with van der Waals surface area (Å²) in [6.45, 7) is 0.259. The molecule has 0 aliphatic heterocycles. The Hall–Kier alpha value is -3.39. The molecule has 0 aliphatic carbocycles. The van der Waals surface area contributed by atoms with Gasteiger partial charge in [-0.2, -0.15) is 13.2 Å². The summed E-state index contributed by atoms with van der Waals surface area (Å²) in [4.78, 5) is 17.4. The number of fused-ring (bicyclic) bond motifs is 1. The minimum Gasteiger partial charge on any atom is -0.398 e. The molecule has 3 N–H and O–H groups in total. The van der Waals surface area contributed by atoms with Crippen LogP contribution in [-0.4, -0.2) is 10.9 Å². The van der Waals surface area contributed by atoms with E-state index < -0.39 is 17.6 Å². The maximum atomic E-state index is 13.8. The van der Waals surface area contributed by atoms with Gasteiger partial charge in [-0.25, -0.2) is 4.98 Å². The molecule has 152 valence electrons. The smallest absolute Gasteiger partial charge is 0.398 e. The van der Waals surface area contributed by atoms with Crippen molar-refractivity contribution in [2.75, 3.05) is 5.73 Å². The van der Waals surface area contributed by atoms with E-state index in [4.69, 9.17) is 5.73 Å². The van der Waals surface area contributed by atoms with E-state index in [0.717, 1.165) is 10.9 Å². The number of hydrogen-bond acceptors (Lipinski definition) is 4. The lowest BCUT2D eigenvalue weighted by atomic mass is 9.98. The number of benzene rings is 2. The molecule has 0 bridgehead atoms. The zero-order valence-electron chi connectivity index (χ0n) is 15.5. The van der Waals surface area contributed by atoms with E-state index in [1.165, 1.54) is 17.4 Å². The van der Waals surface area contributed by atoms with Gasteiger partial charge in [0.15, 0.2) is 0 Å². The number of hydrogen-bond donors (Lipinski definition) is 2. The number of nitrogen functional groups attached to an aromatic ring is 1. The Morgan fingerprint density at radius 3 is 2.47 bits per heavy atom. The van der Waals surface area contributed by atoms with Crippen LogP contribution in [-0.2, 0) is 12.7 Å². The van der Waals surface area contributed by atoms with Gasteiger partial charge in [-0.05, 0) is 40.8 Å². The normalized spacial score (nSPS) is 11.6. The van der Waals surface area contributed by atoms with Crippen molar-refractivity contribution in [1.29, 1.82) is 0 Å². The first-order valence-electron chi connectivity index (χ1n) is 9.00. The van der Waals surface area contributed by atoms with Crippen LogP contribution in [0.3, 0.4) is 0 Å². The van der Waals surface area contributed by atoms with Crippen LogP contribution in [0.4, 0.5) is 18.9 Å². The average molecular weight is 427 g/mol. The second-order valence-electron chi connectivity index (χ2n) is 6.64. The number of rotatable bonds is 4. The molecule has 0 atom stereocenters. The second-order valence-corrected chi connectivity index (χ2v) is 7.67. The monoisotopic (exact) mass is 427 g/mol. The number of anilines is 1. The highest BCUT2D eigenvalue weighted by atomic mass is 32.1. The quantitative estimate of drug-likeness (QED) is 0.452. The van der Waals surface area contributed by atoms with Gasteiger partial charge >= 0.3 is 6.18 Å². The number of nitrogens with zero attached hydrogens (tertiary/aromatic N) is 1. The molecule has 0 fully saturated rings. The molecule has 2 aromatic carbocycles. The van der Waals surface area contributed by atoms with Crippen molar-refractivity contribution in [3.8, 4) is 11.1 Å². The molecule has 0 radical (unpaired) electrons. The molecule has 0 spiro atoms. The summed E-state index contributed by atoms with van der Waals surface area (Å²) in [5.41, 5.74) is 5.69. The van der Waals surface area contributed by atoms with Gasteiger partial charge < -0.3 is 11.1 Å². The lowest BCUT2D eigenvalue weighted by Crippen LogP contribution is -2.24. The minimum atomic E-state index is -4.66. The van der Waals surface area contributed by atoms with Crippen LogP contribution < -0.4 is 11.1 Å². The number of aromatic nitrogens is 1. The van der Waals surface area contributed by atoms with Gasteiger partial charge in [-0.3, -0.25) is 4.79 Å². The Labute approximate surface area is 174 Å². The van der Waals surface area contributed by atoms with Crippen LogP contribution in [0.15, 0.2) is 66.0 Å². The van der Waals surface area contributed by atoms with Crippen LogP contribution in [0.25, 0.3) is 22.0 Å². The van der Waals surface area contributed by atoms with Gasteiger partial charge in [0.2, 0.25) is 0 Å². The molecule has 0 saturated heterocycles. The van der Waals surface area contributed by atoms with Crippen LogP contribution in [0.5, 0.6) is 0 Å². The molecule has 0 unspecified atom stereocenters. The van der Waals surface area contributed by atoms with E-state index in [1.54, 1.807) is 36.4 Å². The summed E-state index contributed by atoms with van der Waals surface area (Å²) in [5, 5.41) is 4.68. The lowest BCUT2D eigenvalue weighted by molar-refractivity contribution is -0.136. The predicted molar refractivity (Wildman–Crippen MR) is 112 cm³/mol. The molecule has 4 rings (SSSR count). The second kappa shape index (κ2) is 7.79. The fourth-order valence-electron chi connectivity index (χ4n) is 3.15. The molecule has 4 aromatic rings. The van der Waals surface area contributed by atoms with Crippen molar-refractivity contribution >= 4 is 33.8 Å². The summed E-state index contributed by atoms with van der Waals surface area (Å²) in [6.07, 6.45) is -4.66. The van der Waals surface area contributed by atoms with Crippen molar-refractivity contribution in [2.24, 2.45) is 0 Å². The Morgan fingerprint density at radius 2 is 1.80 bits per heavy atom. The first-order valence-corrected chi connectivity index (χ1v) is 9.88. The molecule has 2 aromatic heterocycles. The highest BCUT2D eigenvalue weighted by Gasteiger charge is 2.34. The summed E-state index contributed by atoms with van der Waals surface area (Å²) in [5.74, 6) is -0.586. The average Bonchev–Trinajstić information content (AvgIpc) is 3.25. The highest BCUT2D eigenvalue weighted by molar-refractivity contribution is 7.09. The van der Waals surface area contributed by atoms with Gasteiger partial charge in [0.1, 0.15) is 5.69 Å². The van der Waals surface area contributed by atoms with Crippen LogP contribution in [0.2, 0.25) is 0 Å². The minimum absolute atomic E-state index is 0.0598. The number of pyridine rings is 1. The number of carbonyl (C=O) groups excluding carboxylic acids is 1. The lowest BCUT2D eigenvalue weighted by Gasteiger charge is -2.15. The third-order valence-corrected chi connectivity index (χ3v) is 5.47. The molecule has 8 heteroatoms. The Kier molecular flexibility index (Phi) is 5.17. The molecular formula is C22H16F3N3OS. The first-order chi connectivity index (χ1) is 14.3. The summed E-state index contributed by atoms with van der Waals surface area (Å²) in [6, 6.07) is 16.3. The Balaban J connectivity index is 1.80. The largest absolute Gasteiger partial charge is 0.418 e. The number of nitrogens with two attached hydrogens (primary N) is 1. The molecule has 0 saturated carbocycles. The van der Waals surface area contributed by atoms with Crippen molar-refractivity contribution in [3.63, 3.8) is 0 Å². The van der Waals surface area contributed by atoms with Crippen LogP contribution >= 0.6 is 11.3 Å². The van der Waals surface area contributed by atoms with E-state index in [0.29, 0.717) is 11.1 Å². The molecule has 0 aliphatic rings. The third kappa shape index (κ3) is 3.99. The van der Waals surface area contributed by atoms with E-state index in [1.807, 2.05) is 17.5 Å². The molecule has 1 amide bonds. The van der Waals surface area contributed by atoms with Gasteiger partial charge in [-0.15, -0.1) is 11.3 Å². The van der Waals surface area contributed by atoms with Crippen molar-refractivity contribution < 1.29 is 18.0 Å². The Morgan fingerprint density at radius 1 is 1.03 bits per heavy atom. The van der Waals surface area contributed by atoms with Crippen LogP contribution in [0, 0.1) is 0 Å². The van der Waals surface area contributed by atoms with Crippen molar-refractivity contribution in [3.05, 3.63) is 82.2 Å². The van der Waals surface area contributed by atoms with Crippen molar-refractivity contribution in [1.82, 2.24) is 10.3 Å². The van der Waals surface area contributed by atoms with Gasteiger partial charge in [0.25, 0.3) is 5.91 Å². The van der Waals surface area contributed by atoms with E-state index in [-0.39, 0.29) is 28.8 Å². The maximum absolute atomic E-state index is 13.8. The zero-order valence-corrected chi connectivity index (χ0v) is 16.3. The van der Waals surface area contributed by atoms with Gasteiger partial charge in [0.05, 0.1) is 17.6 Å². The van der Waals surface area contributed by atoms with E-state index in [2.05, 4.69) is 10.3 Å². The number of amides is 1. The number of thiophene rings is 1. The fourth-order valence-corrected chi connectivity index (χ4v) is 3.80. The summed E-state index contributed by atoms with van der Waals surface area (Å²) >= 11 is 1.46. The summed E-state index contributed by atoms with van der Waals surface area (Å²) < 4.78 is 41.5. The number of alkyl halides is 3. The Bertz CT molecular complexity index is 1210. The van der Waals surface area contributed by atoms with Gasteiger partial charge in [-0.1, -0.05) is 36.4 Å². The molecule has 2 heterocycles. The SMILES string of the molecule is Nc1cc(C(=O)NCc2cccs2)nc2c(C(F)(F)F)cc(-c3ccccc3)cc12. The topological polar surface area (TPSA) is 68.0 Å². The maximum Gasteiger partial charge on any atom is 0.418 e. The number of carbonyl (C=O) groups is 1. The third-order valence-electron chi connectivity index (χ3n) is 4.59. The molecular weight excluding hydrogens is 411 g/mol. The zero-order chi connectivity index (χ0) is 21.3.